The molecule has 9 nitrogen and oxygen atoms in total. The number of benzene rings is 1. The van der Waals surface area contributed by atoms with Gasteiger partial charge in [0.05, 0.1) is 40.0 Å². The third kappa shape index (κ3) is 4.90. The minimum Gasteiger partial charge on any atom is -0.379 e. The normalized spacial score (nSPS) is 13.4. The van der Waals surface area contributed by atoms with Crippen molar-refractivity contribution in [3.63, 3.8) is 0 Å². The highest BCUT2D eigenvalue weighted by atomic mass is 32.2. The fourth-order valence-corrected chi connectivity index (χ4v) is 3.85. The molecule has 0 radical (unpaired) electrons. The van der Waals surface area contributed by atoms with E-state index >= 15 is 0 Å². The van der Waals surface area contributed by atoms with Crippen LogP contribution in [0.2, 0.25) is 0 Å². The number of aromatic nitrogens is 2. The molecule has 2 amide bonds. The minimum absolute atomic E-state index is 0.175. The van der Waals surface area contributed by atoms with Gasteiger partial charge in [-0.05, 0) is 25.1 Å². The number of nitrogens with one attached hydrogen (secondary N) is 2. The molecule has 0 unspecified atom stereocenters. The van der Waals surface area contributed by atoms with Crippen LogP contribution >= 0.6 is 0 Å². The molecule has 0 bridgehead atoms. The summed E-state index contributed by atoms with van der Waals surface area (Å²) in [5.74, 6) is -3.75. The van der Waals surface area contributed by atoms with Gasteiger partial charge < -0.3 is 15.7 Å². The molecular weight excluding hydrogens is 390 g/mol. The zero-order chi connectivity index (χ0) is 21.1. The number of amides is 2. The number of hydrogen-bond acceptors (Lipinski definition) is 7. The summed E-state index contributed by atoms with van der Waals surface area (Å²) < 4.78 is 39.1. The molecule has 0 aliphatic carbocycles. The van der Waals surface area contributed by atoms with E-state index < -0.39 is 43.7 Å². The number of sulfone groups is 1. The van der Waals surface area contributed by atoms with Crippen LogP contribution in [0.3, 0.4) is 0 Å². The maximum atomic E-state index is 14.0. The van der Waals surface area contributed by atoms with E-state index in [9.17, 15) is 27.5 Å². The minimum atomic E-state index is -4.25. The van der Waals surface area contributed by atoms with Crippen LogP contribution in [-0.2, 0) is 14.6 Å². The molecule has 12 heteroatoms. The van der Waals surface area contributed by atoms with E-state index in [0.29, 0.717) is 11.8 Å². The second-order valence-corrected chi connectivity index (χ2v) is 8.22. The molecule has 1 atom stereocenters. The second-order valence-electron chi connectivity index (χ2n) is 6.23. The van der Waals surface area contributed by atoms with Crippen molar-refractivity contribution >= 4 is 40.9 Å². The van der Waals surface area contributed by atoms with E-state index in [2.05, 4.69) is 20.6 Å². The van der Waals surface area contributed by atoms with E-state index in [1.165, 1.54) is 19.4 Å². The Hall–Kier alpha value is -2.86. The standard InChI is InChI=1S/C16H18BFN4O5S/c1-16(25,14(24)22-9-6-20-15(17)21-7-9)8-28(26,27)10-3-4-11(12(18)5-10)13(23)19-2/h3-7,25H,8,17H2,1-2H3,(H,19,23)(H,22,24)/t16-/m0/s1. The summed E-state index contributed by atoms with van der Waals surface area (Å²) in [5, 5.41) is 14.9. The average molecular weight is 408 g/mol. The highest BCUT2D eigenvalue weighted by Gasteiger charge is 2.37. The number of anilines is 1. The van der Waals surface area contributed by atoms with Crippen LogP contribution in [0.1, 0.15) is 17.3 Å². The molecule has 1 aromatic carbocycles. The molecule has 0 saturated heterocycles. The summed E-state index contributed by atoms with van der Waals surface area (Å²) >= 11 is 0. The van der Waals surface area contributed by atoms with Crippen molar-refractivity contribution < 1.29 is 27.5 Å². The zero-order valence-electron chi connectivity index (χ0n) is 15.4. The summed E-state index contributed by atoms with van der Waals surface area (Å²) in [4.78, 5) is 31.1. The van der Waals surface area contributed by atoms with E-state index in [1.807, 2.05) is 0 Å². The van der Waals surface area contributed by atoms with Crippen molar-refractivity contribution in [3.8, 4) is 0 Å². The van der Waals surface area contributed by atoms with Gasteiger partial charge in [0.1, 0.15) is 5.82 Å². The topological polar surface area (TPSA) is 138 Å². The number of aliphatic hydroxyl groups is 1. The molecule has 3 N–H and O–H groups in total. The molecule has 28 heavy (non-hydrogen) atoms. The molecule has 0 saturated carbocycles. The Kier molecular flexibility index (Phi) is 6.15. The Bertz CT molecular complexity index is 1010. The summed E-state index contributed by atoms with van der Waals surface area (Å²) in [6, 6.07) is 2.71. The van der Waals surface area contributed by atoms with Gasteiger partial charge in [0, 0.05) is 7.05 Å². The van der Waals surface area contributed by atoms with Crippen molar-refractivity contribution in [2.45, 2.75) is 17.4 Å². The lowest BCUT2D eigenvalue weighted by Gasteiger charge is -2.22. The molecule has 1 aromatic heterocycles. The van der Waals surface area contributed by atoms with Gasteiger partial charge in [-0.1, -0.05) is 0 Å². The first-order chi connectivity index (χ1) is 13.0. The van der Waals surface area contributed by atoms with Crippen molar-refractivity contribution in [3.05, 3.63) is 42.0 Å². The SMILES string of the molecule is Bc1ncc(NC(=O)[C@@](C)(O)CS(=O)(=O)c2ccc(C(=O)NC)c(F)c2)cn1. The van der Waals surface area contributed by atoms with E-state index in [4.69, 9.17) is 0 Å². The largest absolute Gasteiger partial charge is 0.379 e. The third-order valence-electron chi connectivity index (χ3n) is 3.77. The number of nitrogens with zero attached hydrogens (tertiary/aromatic N) is 2. The Balaban J connectivity index is 2.21. The Morgan fingerprint density at radius 3 is 2.43 bits per heavy atom. The van der Waals surface area contributed by atoms with E-state index in [-0.39, 0.29) is 11.3 Å². The van der Waals surface area contributed by atoms with E-state index in [0.717, 1.165) is 19.1 Å². The van der Waals surface area contributed by atoms with Crippen LogP contribution < -0.4 is 16.4 Å². The van der Waals surface area contributed by atoms with Crippen molar-refractivity contribution in [1.82, 2.24) is 15.3 Å². The summed E-state index contributed by atoms with van der Waals surface area (Å²) in [7, 11) is -1.30. The number of hydrogen-bond donors (Lipinski definition) is 3. The summed E-state index contributed by atoms with van der Waals surface area (Å²) in [6.07, 6.45) is 2.61. The molecule has 0 fully saturated rings. The Labute approximate surface area is 161 Å². The van der Waals surface area contributed by atoms with Gasteiger partial charge in [-0.3, -0.25) is 19.6 Å². The maximum absolute atomic E-state index is 14.0. The Morgan fingerprint density at radius 2 is 1.89 bits per heavy atom. The first kappa shape index (κ1) is 21.4. The van der Waals surface area contributed by atoms with Gasteiger partial charge in [-0.15, -0.1) is 0 Å². The monoisotopic (exact) mass is 408 g/mol. The van der Waals surface area contributed by atoms with Gasteiger partial charge in [0.2, 0.25) is 0 Å². The molecule has 0 spiro atoms. The number of rotatable bonds is 6. The van der Waals surface area contributed by atoms with Crippen LogP contribution in [0.25, 0.3) is 0 Å². The molecule has 1 heterocycles. The highest BCUT2D eigenvalue weighted by molar-refractivity contribution is 7.91. The summed E-state index contributed by atoms with van der Waals surface area (Å²) in [5.41, 5.74) is -2.01. The molecule has 2 aromatic rings. The van der Waals surface area contributed by atoms with Crippen molar-refractivity contribution in [1.29, 1.82) is 0 Å². The molecule has 0 aliphatic heterocycles. The van der Waals surface area contributed by atoms with Crippen LogP contribution in [-0.4, -0.2) is 61.6 Å². The number of halogens is 1. The lowest BCUT2D eigenvalue weighted by atomic mass is 10.1. The fraction of sp³-hybridized carbons (Fsp3) is 0.250. The highest BCUT2D eigenvalue weighted by Crippen LogP contribution is 2.21. The van der Waals surface area contributed by atoms with Gasteiger partial charge >= 0.3 is 0 Å². The lowest BCUT2D eigenvalue weighted by molar-refractivity contribution is -0.130. The van der Waals surface area contributed by atoms with Gasteiger partial charge in [0.25, 0.3) is 11.8 Å². The maximum Gasteiger partial charge on any atom is 0.257 e. The second kappa shape index (κ2) is 8.03. The van der Waals surface area contributed by atoms with E-state index in [1.54, 1.807) is 7.85 Å². The predicted molar refractivity (Wildman–Crippen MR) is 101 cm³/mol. The average Bonchev–Trinajstić information content (AvgIpc) is 2.62. The van der Waals surface area contributed by atoms with Gasteiger partial charge in [0.15, 0.2) is 23.3 Å². The van der Waals surface area contributed by atoms with Crippen LogP contribution in [0, 0.1) is 5.82 Å². The van der Waals surface area contributed by atoms with Crippen molar-refractivity contribution in [2.75, 3.05) is 18.1 Å². The number of carbonyl (C=O) groups is 2. The molecular formula is C16H18BFN4O5S. The smallest absolute Gasteiger partial charge is 0.257 e. The lowest BCUT2D eigenvalue weighted by Crippen LogP contribution is -2.45. The molecule has 0 aliphatic rings. The van der Waals surface area contributed by atoms with Crippen LogP contribution in [0.5, 0.6) is 0 Å². The van der Waals surface area contributed by atoms with Crippen molar-refractivity contribution in [2.24, 2.45) is 0 Å². The van der Waals surface area contributed by atoms with Gasteiger partial charge in [-0.25, -0.2) is 12.8 Å². The van der Waals surface area contributed by atoms with Crippen LogP contribution in [0.4, 0.5) is 10.1 Å². The zero-order valence-corrected chi connectivity index (χ0v) is 16.2. The molecule has 2 rings (SSSR count). The quantitative estimate of drug-likeness (QED) is 0.490. The van der Waals surface area contributed by atoms with Crippen LogP contribution in [0.15, 0.2) is 35.5 Å². The fourth-order valence-electron chi connectivity index (χ4n) is 2.25. The molecule has 148 valence electrons. The first-order valence-corrected chi connectivity index (χ1v) is 9.68. The van der Waals surface area contributed by atoms with Gasteiger partial charge in [-0.2, -0.15) is 0 Å². The first-order valence-electron chi connectivity index (χ1n) is 8.03. The summed E-state index contributed by atoms with van der Waals surface area (Å²) in [6.45, 7) is 1.02. The Morgan fingerprint density at radius 1 is 1.29 bits per heavy atom. The predicted octanol–water partition coefficient (Wildman–Crippen LogP) is -1.60. The third-order valence-corrected chi connectivity index (χ3v) is 5.68. The number of carbonyl (C=O) groups excluding carboxylic acids is 2.